The summed E-state index contributed by atoms with van der Waals surface area (Å²) in [5, 5.41) is 0. The van der Waals surface area contributed by atoms with E-state index in [9.17, 15) is 0 Å². The maximum Gasteiger partial charge on any atom is 0.125 e. The maximum atomic E-state index is 5.86. The summed E-state index contributed by atoms with van der Waals surface area (Å²) in [6.45, 7) is 4.96. The van der Waals surface area contributed by atoms with E-state index in [4.69, 9.17) is 10.5 Å². The molecule has 1 aliphatic carbocycles. The average Bonchev–Trinajstić information content (AvgIpc) is 3.02. The zero-order valence-corrected chi connectivity index (χ0v) is 9.76. The molecule has 1 aliphatic rings. The van der Waals surface area contributed by atoms with Crippen LogP contribution >= 0.6 is 0 Å². The normalized spacial score (nSPS) is 17.6. The zero-order valence-electron chi connectivity index (χ0n) is 9.76. The van der Waals surface area contributed by atoms with Crippen LogP contribution in [0.2, 0.25) is 0 Å². The van der Waals surface area contributed by atoms with Crippen LogP contribution in [0.15, 0.2) is 12.1 Å². The van der Waals surface area contributed by atoms with Gasteiger partial charge >= 0.3 is 0 Å². The third kappa shape index (κ3) is 1.53. The lowest BCUT2D eigenvalue weighted by atomic mass is 9.91. The number of hydrogen-bond acceptors (Lipinski definition) is 2. The van der Waals surface area contributed by atoms with Crippen LogP contribution in [0.25, 0.3) is 0 Å². The van der Waals surface area contributed by atoms with Gasteiger partial charge in [0.1, 0.15) is 5.75 Å². The topological polar surface area (TPSA) is 35.2 Å². The lowest BCUT2D eigenvalue weighted by Crippen LogP contribution is -2.20. The Bertz CT molecular complexity index is 380. The van der Waals surface area contributed by atoms with Gasteiger partial charge < -0.3 is 10.5 Å². The second-order valence-corrected chi connectivity index (χ2v) is 4.57. The van der Waals surface area contributed by atoms with Crippen LogP contribution in [0.4, 0.5) is 0 Å². The number of benzene rings is 1. The van der Waals surface area contributed by atoms with Crippen LogP contribution in [0.1, 0.15) is 29.5 Å². The van der Waals surface area contributed by atoms with Crippen LogP contribution in [0.3, 0.4) is 0 Å². The molecule has 0 unspecified atom stereocenters. The Hall–Kier alpha value is -1.02. The molecular weight excluding hydrogens is 186 g/mol. The third-order valence-corrected chi connectivity index (χ3v) is 3.70. The van der Waals surface area contributed by atoms with Crippen molar-refractivity contribution >= 4 is 0 Å². The summed E-state index contributed by atoms with van der Waals surface area (Å²) in [5.74, 6) is 1.04. The Kier molecular flexibility index (Phi) is 2.47. The van der Waals surface area contributed by atoms with Crippen LogP contribution in [-0.2, 0) is 5.41 Å². The second kappa shape index (κ2) is 3.53. The molecule has 0 spiro atoms. The fraction of sp³-hybridized carbons (Fsp3) is 0.538. The van der Waals surface area contributed by atoms with Crippen LogP contribution < -0.4 is 10.5 Å². The van der Waals surface area contributed by atoms with E-state index in [1.165, 1.54) is 29.5 Å². The predicted molar refractivity (Wildman–Crippen MR) is 62.4 cm³/mol. The molecule has 1 fully saturated rings. The minimum Gasteiger partial charge on any atom is -0.496 e. The van der Waals surface area contributed by atoms with Gasteiger partial charge in [-0.2, -0.15) is 0 Å². The van der Waals surface area contributed by atoms with Crippen LogP contribution in [0, 0.1) is 13.8 Å². The summed E-state index contributed by atoms with van der Waals surface area (Å²) in [5.41, 5.74) is 9.90. The van der Waals surface area contributed by atoms with Gasteiger partial charge in [-0.25, -0.2) is 0 Å². The first-order valence-corrected chi connectivity index (χ1v) is 5.49. The van der Waals surface area contributed by atoms with Crippen LogP contribution in [0.5, 0.6) is 5.75 Å². The largest absolute Gasteiger partial charge is 0.496 e. The number of hydrogen-bond donors (Lipinski definition) is 1. The van der Waals surface area contributed by atoms with Crippen molar-refractivity contribution in [1.29, 1.82) is 0 Å². The molecule has 0 amide bonds. The number of rotatable bonds is 3. The van der Waals surface area contributed by atoms with Gasteiger partial charge in [0.15, 0.2) is 0 Å². The summed E-state index contributed by atoms with van der Waals surface area (Å²) in [7, 11) is 1.75. The van der Waals surface area contributed by atoms with E-state index < -0.39 is 0 Å². The van der Waals surface area contributed by atoms with E-state index in [1.807, 2.05) is 0 Å². The van der Waals surface area contributed by atoms with Crippen molar-refractivity contribution in [2.24, 2.45) is 5.73 Å². The fourth-order valence-electron chi connectivity index (χ4n) is 2.21. The standard InChI is InChI=1S/C13H19NO/c1-9-4-5-11(12(15-3)10(9)2)13(8-14)6-7-13/h4-5H,6-8,14H2,1-3H3. The molecule has 2 heteroatoms. The molecule has 2 N–H and O–H groups in total. The van der Waals surface area contributed by atoms with Crippen molar-refractivity contribution in [1.82, 2.24) is 0 Å². The van der Waals surface area contributed by atoms with E-state index in [1.54, 1.807) is 7.11 Å². The molecule has 1 aromatic carbocycles. The molecule has 0 saturated heterocycles. The number of aryl methyl sites for hydroxylation is 1. The molecule has 0 bridgehead atoms. The van der Waals surface area contributed by atoms with E-state index in [2.05, 4.69) is 26.0 Å². The number of ether oxygens (including phenoxy) is 1. The van der Waals surface area contributed by atoms with Crippen molar-refractivity contribution < 1.29 is 4.74 Å². The smallest absolute Gasteiger partial charge is 0.125 e. The summed E-state index contributed by atoms with van der Waals surface area (Å²) >= 11 is 0. The first kappa shape index (κ1) is 10.5. The van der Waals surface area contributed by atoms with Gasteiger partial charge in [0.05, 0.1) is 7.11 Å². The van der Waals surface area contributed by atoms with Gasteiger partial charge in [-0.05, 0) is 37.8 Å². The van der Waals surface area contributed by atoms with E-state index in [-0.39, 0.29) is 5.41 Å². The lowest BCUT2D eigenvalue weighted by Gasteiger charge is -2.19. The Morgan fingerprint density at radius 2 is 2.00 bits per heavy atom. The Labute approximate surface area is 91.4 Å². The number of nitrogens with two attached hydrogens (primary N) is 1. The quantitative estimate of drug-likeness (QED) is 0.821. The molecule has 0 aliphatic heterocycles. The molecule has 0 atom stereocenters. The monoisotopic (exact) mass is 205 g/mol. The molecule has 0 aromatic heterocycles. The molecule has 0 radical (unpaired) electrons. The van der Waals surface area contributed by atoms with Crippen molar-refractivity contribution in [3.63, 3.8) is 0 Å². The minimum atomic E-state index is 0.212. The highest BCUT2D eigenvalue weighted by Gasteiger charge is 2.45. The van der Waals surface area contributed by atoms with Gasteiger partial charge in [-0.3, -0.25) is 0 Å². The molecule has 82 valence electrons. The molecule has 15 heavy (non-hydrogen) atoms. The zero-order chi connectivity index (χ0) is 11.1. The minimum absolute atomic E-state index is 0.212. The summed E-state index contributed by atoms with van der Waals surface area (Å²) in [6.07, 6.45) is 2.39. The summed E-state index contributed by atoms with van der Waals surface area (Å²) < 4.78 is 5.53. The first-order chi connectivity index (χ1) is 7.14. The fourth-order valence-corrected chi connectivity index (χ4v) is 2.21. The molecule has 2 rings (SSSR count). The van der Waals surface area contributed by atoms with E-state index in [0.717, 1.165) is 12.3 Å². The molecule has 0 heterocycles. The van der Waals surface area contributed by atoms with Crippen molar-refractivity contribution in [3.8, 4) is 5.75 Å². The van der Waals surface area contributed by atoms with Crippen molar-refractivity contribution in [2.75, 3.05) is 13.7 Å². The van der Waals surface area contributed by atoms with Gasteiger partial charge in [0.2, 0.25) is 0 Å². The Morgan fingerprint density at radius 1 is 1.33 bits per heavy atom. The van der Waals surface area contributed by atoms with Crippen LogP contribution in [-0.4, -0.2) is 13.7 Å². The molecule has 2 nitrogen and oxygen atoms in total. The average molecular weight is 205 g/mol. The highest BCUT2D eigenvalue weighted by molar-refractivity contribution is 5.51. The molecule has 1 saturated carbocycles. The van der Waals surface area contributed by atoms with E-state index >= 15 is 0 Å². The van der Waals surface area contributed by atoms with E-state index in [0.29, 0.717) is 0 Å². The third-order valence-electron chi connectivity index (χ3n) is 3.70. The first-order valence-electron chi connectivity index (χ1n) is 5.49. The Balaban J connectivity index is 2.52. The van der Waals surface area contributed by atoms with Gasteiger partial charge in [0, 0.05) is 17.5 Å². The predicted octanol–water partition coefficient (Wildman–Crippen LogP) is 2.30. The highest BCUT2D eigenvalue weighted by Crippen LogP contribution is 2.51. The summed E-state index contributed by atoms with van der Waals surface area (Å²) in [4.78, 5) is 0. The lowest BCUT2D eigenvalue weighted by molar-refractivity contribution is 0.400. The number of methoxy groups -OCH3 is 1. The SMILES string of the molecule is COc1c(C2(CN)CC2)ccc(C)c1C. The van der Waals surface area contributed by atoms with Gasteiger partial charge in [-0.1, -0.05) is 12.1 Å². The Morgan fingerprint density at radius 3 is 2.47 bits per heavy atom. The highest BCUT2D eigenvalue weighted by atomic mass is 16.5. The van der Waals surface area contributed by atoms with Gasteiger partial charge in [-0.15, -0.1) is 0 Å². The van der Waals surface area contributed by atoms with Gasteiger partial charge in [0.25, 0.3) is 0 Å². The van der Waals surface area contributed by atoms with Crippen molar-refractivity contribution in [3.05, 3.63) is 28.8 Å². The molecular formula is C13H19NO. The second-order valence-electron chi connectivity index (χ2n) is 4.57. The maximum absolute atomic E-state index is 5.86. The molecule has 1 aromatic rings. The summed E-state index contributed by atoms with van der Waals surface area (Å²) in [6, 6.07) is 4.35. The van der Waals surface area contributed by atoms with Crippen molar-refractivity contribution in [2.45, 2.75) is 32.1 Å².